The van der Waals surface area contributed by atoms with Crippen LogP contribution in [-0.2, 0) is 11.3 Å². The lowest BCUT2D eigenvalue weighted by Crippen LogP contribution is -2.53. The number of hydrogen-bond acceptors (Lipinski definition) is 3. The molecule has 1 amide bonds. The van der Waals surface area contributed by atoms with Gasteiger partial charge in [0.1, 0.15) is 12.3 Å². The molecule has 0 saturated carbocycles. The number of carbonyl (C=O) groups is 1. The number of nitrogens with one attached hydrogen (secondary N) is 1. The van der Waals surface area contributed by atoms with Crippen LogP contribution in [0.2, 0.25) is 0 Å². The van der Waals surface area contributed by atoms with Gasteiger partial charge in [-0.1, -0.05) is 29.8 Å². The van der Waals surface area contributed by atoms with Crippen molar-refractivity contribution in [1.82, 2.24) is 5.16 Å². The molecule has 0 spiro atoms. The molecular weight excluding hydrogens is 350 g/mol. The van der Waals surface area contributed by atoms with Gasteiger partial charge in [0.2, 0.25) is 0 Å². The zero-order chi connectivity index (χ0) is 20.1. The van der Waals surface area contributed by atoms with Crippen molar-refractivity contribution in [2.45, 2.75) is 66.3 Å². The Morgan fingerprint density at radius 2 is 1.64 bits per heavy atom. The van der Waals surface area contributed by atoms with E-state index in [9.17, 15) is 4.79 Å². The van der Waals surface area contributed by atoms with Gasteiger partial charge in [0.25, 0.3) is 5.91 Å². The van der Waals surface area contributed by atoms with Gasteiger partial charge in [0, 0.05) is 5.69 Å². The molecule has 1 fully saturated rings. The minimum absolute atomic E-state index is 0.102. The van der Waals surface area contributed by atoms with E-state index in [-0.39, 0.29) is 5.91 Å². The van der Waals surface area contributed by atoms with Gasteiger partial charge in [-0.2, -0.15) is 0 Å². The van der Waals surface area contributed by atoms with E-state index in [1.165, 1.54) is 37.7 Å². The summed E-state index contributed by atoms with van der Waals surface area (Å²) >= 11 is 0. The zero-order valence-electron chi connectivity index (χ0n) is 17.8. The Balaban J connectivity index is 1.83. The maximum absolute atomic E-state index is 13.1. The molecule has 0 aliphatic carbocycles. The zero-order valence-corrected chi connectivity index (χ0v) is 17.8. The van der Waals surface area contributed by atoms with Crippen molar-refractivity contribution in [2.24, 2.45) is 0 Å². The van der Waals surface area contributed by atoms with Crippen molar-refractivity contribution in [3.05, 3.63) is 46.3 Å². The van der Waals surface area contributed by atoms with Crippen LogP contribution in [-0.4, -0.2) is 35.2 Å². The number of para-hydroxylation sites is 1. The molecule has 2 aromatic rings. The Labute approximate surface area is 168 Å². The summed E-state index contributed by atoms with van der Waals surface area (Å²) in [6, 6.07) is 6.13. The smallest absolute Gasteiger partial charge is 0.279 e. The summed E-state index contributed by atoms with van der Waals surface area (Å²) in [5.41, 5.74) is 5.29. The summed E-state index contributed by atoms with van der Waals surface area (Å²) in [5, 5.41) is 7.34. The van der Waals surface area contributed by atoms with E-state index in [1.54, 1.807) is 0 Å². The molecule has 1 aromatic heterocycles. The third kappa shape index (κ3) is 4.82. The first-order valence-electron chi connectivity index (χ1n) is 10.5. The number of nitrogens with zero attached hydrogens (tertiary/aromatic N) is 2. The van der Waals surface area contributed by atoms with E-state index in [1.807, 2.05) is 45.9 Å². The fraction of sp³-hybridized carbons (Fsp3) is 0.565. The average Bonchev–Trinajstić information content (AvgIpc) is 2.93. The summed E-state index contributed by atoms with van der Waals surface area (Å²) in [6.45, 7) is 11.5. The predicted molar refractivity (Wildman–Crippen MR) is 112 cm³/mol. The van der Waals surface area contributed by atoms with Gasteiger partial charge in [-0.05, 0) is 64.5 Å². The number of carbonyl (C=O) groups excluding carboxylic acids is 1. The van der Waals surface area contributed by atoms with Crippen molar-refractivity contribution in [1.29, 1.82) is 0 Å². The van der Waals surface area contributed by atoms with Gasteiger partial charge in [0.15, 0.2) is 6.54 Å². The highest BCUT2D eigenvalue weighted by Crippen LogP contribution is 2.26. The number of aryl methyl sites for hydroxylation is 4. The van der Waals surface area contributed by atoms with Crippen LogP contribution in [0.5, 0.6) is 0 Å². The number of amides is 1. The van der Waals surface area contributed by atoms with Crippen LogP contribution in [0, 0.1) is 27.7 Å². The SMILES string of the molecule is Cc1cccc(C)c1NC(=O)C[N+]1(Cc2c(C)noc2C)CCCCCCC1. The van der Waals surface area contributed by atoms with Gasteiger partial charge in [-0.25, -0.2) is 0 Å². The second-order valence-corrected chi connectivity index (χ2v) is 8.49. The Morgan fingerprint density at radius 3 is 2.21 bits per heavy atom. The van der Waals surface area contributed by atoms with Crippen molar-refractivity contribution in [2.75, 3.05) is 25.0 Å². The lowest BCUT2D eigenvalue weighted by molar-refractivity contribution is -0.934. The molecule has 5 nitrogen and oxygen atoms in total. The van der Waals surface area contributed by atoms with Crippen molar-refractivity contribution in [3.8, 4) is 0 Å². The minimum Gasteiger partial charge on any atom is -0.361 e. The third-order valence-corrected chi connectivity index (χ3v) is 6.16. The summed E-state index contributed by atoms with van der Waals surface area (Å²) in [7, 11) is 0. The van der Waals surface area contributed by atoms with E-state index >= 15 is 0 Å². The molecule has 28 heavy (non-hydrogen) atoms. The summed E-state index contributed by atoms with van der Waals surface area (Å²) in [4.78, 5) is 13.1. The van der Waals surface area contributed by atoms with E-state index in [0.717, 1.165) is 52.4 Å². The molecule has 0 unspecified atom stereocenters. The highest BCUT2D eigenvalue weighted by molar-refractivity contribution is 5.93. The Kier molecular flexibility index (Phi) is 6.55. The van der Waals surface area contributed by atoms with Gasteiger partial charge < -0.3 is 14.3 Å². The molecule has 1 N–H and O–H groups in total. The van der Waals surface area contributed by atoms with Crippen molar-refractivity contribution in [3.63, 3.8) is 0 Å². The highest BCUT2D eigenvalue weighted by Gasteiger charge is 2.33. The van der Waals surface area contributed by atoms with Crippen molar-refractivity contribution < 1.29 is 13.8 Å². The Bertz CT molecular complexity index is 778. The molecule has 152 valence electrons. The number of anilines is 1. The van der Waals surface area contributed by atoms with E-state index < -0.39 is 0 Å². The average molecular weight is 385 g/mol. The monoisotopic (exact) mass is 384 g/mol. The Hall–Kier alpha value is -2.14. The number of rotatable bonds is 5. The molecule has 1 aromatic carbocycles. The molecule has 0 bridgehead atoms. The lowest BCUT2D eigenvalue weighted by atomic mass is 10.0. The largest absolute Gasteiger partial charge is 0.361 e. The summed E-state index contributed by atoms with van der Waals surface area (Å²) in [5.74, 6) is 0.983. The van der Waals surface area contributed by atoms with Gasteiger partial charge in [-0.3, -0.25) is 4.79 Å². The Morgan fingerprint density at radius 1 is 1.04 bits per heavy atom. The number of aromatic nitrogens is 1. The lowest BCUT2D eigenvalue weighted by Gasteiger charge is -2.39. The topological polar surface area (TPSA) is 55.1 Å². The van der Waals surface area contributed by atoms with E-state index in [4.69, 9.17) is 4.52 Å². The maximum Gasteiger partial charge on any atom is 0.279 e. The first-order valence-corrected chi connectivity index (χ1v) is 10.5. The van der Waals surface area contributed by atoms with Crippen LogP contribution < -0.4 is 5.32 Å². The highest BCUT2D eigenvalue weighted by atomic mass is 16.5. The molecule has 1 aliphatic rings. The van der Waals surface area contributed by atoms with E-state index in [0.29, 0.717) is 6.54 Å². The summed E-state index contributed by atoms with van der Waals surface area (Å²) in [6.07, 6.45) is 6.14. The quantitative estimate of drug-likeness (QED) is 0.751. The van der Waals surface area contributed by atoms with Gasteiger partial charge in [0.05, 0.1) is 24.3 Å². The van der Waals surface area contributed by atoms with Crippen molar-refractivity contribution >= 4 is 11.6 Å². The second kappa shape index (κ2) is 8.91. The van der Waals surface area contributed by atoms with E-state index in [2.05, 4.69) is 10.5 Å². The first kappa shape index (κ1) is 20.6. The van der Waals surface area contributed by atoms with Gasteiger partial charge in [-0.15, -0.1) is 0 Å². The van der Waals surface area contributed by atoms with Crippen LogP contribution in [0.1, 0.15) is 60.2 Å². The number of hydrogen-bond donors (Lipinski definition) is 1. The normalized spacial score (nSPS) is 17.0. The van der Waals surface area contributed by atoms with Crippen LogP contribution in [0.4, 0.5) is 5.69 Å². The summed E-state index contributed by atoms with van der Waals surface area (Å²) < 4.78 is 6.20. The molecule has 5 heteroatoms. The predicted octanol–water partition coefficient (Wildman–Crippen LogP) is 4.83. The number of benzene rings is 1. The van der Waals surface area contributed by atoms with Gasteiger partial charge >= 0.3 is 0 Å². The maximum atomic E-state index is 13.1. The molecule has 1 aliphatic heterocycles. The minimum atomic E-state index is 0.102. The fourth-order valence-corrected chi connectivity index (χ4v) is 4.47. The molecule has 0 radical (unpaired) electrons. The van der Waals surface area contributed by atoms with Crippen LogP contribution >= 0.6 is 0 Å². The second-order valence-electron chi connectivity index (χ2n) is 8.49. The fourth-order valence-electron chi connectivity index (χ4n) is 4.47. The standard InChI is InChI=1S/C23H33N3O2/c1-17-11-10-12-18(2)23(17)24-22(27)16-26(13-8-6-5-7-9-14-26)15-21-19(3)25-28-20(21)4/h10-12H,5-9,13-16H2,1-4H3/p+1. The van der Waals surface area contributed by atoms with Crippen LogP contribution in [0.15, 0.2) is 22.7 Å². The molecule has 1 saturated heterocycles. The first-order chi connectivity index (χ1) is 13.4. The third-order valence-electron chi connectivity index (χ3n) is 6.16. The molecule has 2 heterocycles. The number of quaternary nitrogens is 1. The molecule has 3 rings (SSSR count). The molecular formula is C23H34N3O2+. The molecule has 0 atom stereocenters. The van der Waals surface area contributed by atoms with Crippen LogP contribution in [0.3, 0.4) is 0 Å². The van der Waals surface area contributed by atoms with Crippen LogP contribution in [0.25, 0.3) is 0 Å². The number of likely N-dealkylation sites (tertiary alicyclic amines) is 1.